The van der Waals surface area contributed by atoms with Crippen molar-refractivity contribution in [2.24, 2.45) is 11.7 Å². The maximum Gasteiger partial charge on any atom is 0.185 e. The van der Waals surface area contributed by atoms with E-state index in [0.29, 0.717) is 0 Å². The van der Waals surface area contributed by atoms with Crippen LogP contribution in [0.3, 0.4) is 0 Å². The van der Waals surface area contributed by atoms with Gasteiger partial charge in [0.15, 0.2) is 5.96 Å². The Hall–Kier alpha value is -0.730. The van der Waals surface area contributed by atoms with Gasteiger partial charge in [-0.15, -0.1) is 0 Å². The molecule has 0 aliphatic carbocycles. The Labute approximate surface area is 126 Å². The first kappa shape index (κ1) is 19.3. The summed E-state index contributed by atoms with van der Waals surface area (Å²) < 4.78 is 0. The van der Waals surface area contributed by atoms with Gasteiger partial charge >= 0.3 is 0 Å². The summed E-state index contributed by atoms with van der Waals surface area (Å²) >= 11 is 0. The Balaban J connectivity index is 3.75. The average Bonchev–Trinajstić information content (AvgIpc) is 2.42. The standard InChI is InChI=1S/C17H37N3/c1-3-5-7-9-11-13-16(12-10-8-6-4-2)14-15-20-17(18)19/h16H,3-15H2,1-2H3,(H4,18,19,20). The number of unbranched alkanes of at least 4 members (excludes halogenated alkanes) is 7. The Bertz CT molecular complexity index is 216. The van der Waals surface area contributed by atoms with Gasteiger partial charge in [0, 0.05) is 6.54 Å². The minimum atomic E-state index is 0.109. The number of nitrogens with two attached hydrogens (primary N) is 1. The topological polar surface area (TPSA) is 61.9 Å². The zero-order chi connectivity index (χ0) is 15.1. The van der Waals surface area contributed by atoms with Crippen molar-refractivity contribution in [3.63, 3.8) is 0 Å². The Morgan fingerprint density at radius 2 is 1.35 bits per heavy atom. The Kier molecular flexibility index (Phi) is 14.1. The molecule has 0 fully saturated rings. The third kappa shape index (κ3) is 13.7. The highest BCUT2D eigenvalue weighted by Gasteiger charge is 2.08. The molecule has 0 aliphatic heterocycles. The van der Waals surface area contributed by atoms with E-state index >= 15 is 0 Å². The smallest absolute Gasteiger partial charge is 0.185 e. The molecule has 0 aromatic carbocycles. The first-order valence-electron chi connectivity index (χ1n) is 8.78. The lowest BCUT2D eigenvalue weighted by molar-refractivity contribution is 0.381. The highest BCUT2D eigenvalue weighted by Crippen LogP contribution is 2.21. The third-order valence-electron chi connectivity index (χ3n) is 4.05. The molecule has 0 amide bonds. The molecule has 1 unspecified atom stereocenters. The molecule has 20 heavy (non-hydrogen) atoms. The van der Waals surface area contributed by atoms with Gasteiger partial charge in [0.05, 0.1) is 0 Å². The zero-order valence-electron chi connectivity index (χ0n) is 13.8. The van der Waals surface area contributed by atoms with Gasteiger partial charge in [0.2, 0.25) is 0 Å². The SMILES string of the molecule is CCCCCCCC(CCCCCC)CCNC(=N)N. The van der Waals surface area contributed by atoms with Gasteiger partial charge in [-0.2, -0.15) is 0 Å². The maximum atomic E-state index is 7.21. The summed E-state index contributed by atoms with van der Waals surface area (Å²) in [4.78, 5) is 0. The van der Waals surface area contributed by atoms with E-state index < -0.39 is 0 Å². The van der Waals surface area contributed by atoms with Gasteiger partial charge in [-0.1, -0.05) is 84.5 Å². The first-order chi connectivity index (χ1) is 9.70. The lowest BCUT2D eigenvalue weighted by Crippen LogP contribution is -2.31. The highest BCUT2D eigenvalue weighted by molar-refractivity contribution is 5.74. The molecule has 3 heteroatoms. The lowest BCUT2D eigenvalue weighted by atomic mass is 9.91. The van der Waals surface area contributed by atoms with Gasteiger partial charge in [0.25, 0.3) is 0 Å². The molecule has 0 aromatic heterocycles. The zero-order valence-corrected chi connectivity index (χ0v) is 13.8. The van der Waals surface area contributed by atoms with Gasteiger partial charge in [-0.25, -0.2) is 0 Å². The van der Waals surface area contributed by atoms with Gasteiger partial charge in [-0.05, 0) is 12.3 Å². The predicted molar refractivity (Wildman–Crippen MR) is 90.2 cm³/mol. The van der Waals surface area contributed by atoms with E-state index in [1.165, 1.54) is 77.0 Å². The third-order valence-corrected chi connectivity index (χ3v) is 4.05. The van der Waals surface area contributed by atoms with E-state index in [0.717, 1.165) is 12.5 Å². The summed E-state index contributed by atoms with van der Waals surface area (Å²) in [6.07, 6.45) is 16.2. The van der Waals surface area contributed by atoms with Crippen molar-refractivity contribution in [2.45, 2.75) is 90.9 Å². The number of hydrogen-bond acceptors (Lipinski definition) is 1. The maximum absolute atomic E-state index is 7.21. The number of guanidine groups is 1. The van der Waals surface area contributed by atoms with E-state index in [-0.39, 0.29) is 5.96 Å². The Morgan fingerprint density at radius 3 is 1.85 bits per heavy atom. The number of rotatable bonds is 14. The van der Waals surface area contributed by atoms with Gasteiger partial charge < -0.3 is 11.1 Å². The predicted octanol–water partition coefficient (Wildman–Crippen LogP) is 4.81. The van der Waals surface area contributed by atoms with Crippen LogP contribution in [0.1, 0.15) is 90.9 Å². The van der Waals surface area contributed by atoms with Crippen LogP contribution in [0.4, 0.5) is 0 Å². The summed E-state index contributed by atoms with van der Waals surface area (Å²) in [5, 5.41) is 10.2. The summed E-state index contributed by atoms with van der Waals surface area (Å²) in [6.45, 7) is 5.40. The van der Waals surface area contributed by atoms with Crippen molar-refractivity contribution >= 4 is 5.96 Å². The largest absolute Gasteiger partial charge is 0.370 e. The van der Waals surface area contributed by atoms with Crippen LogP contribution in [0, 0.1) is 11.3 Å². The molecular weight excluding hydrogens is 246 g/mol. The molecule has 0 saturated heterocycles. The van der Waals surface area contributed by atoms with Crippen LogP contribution in [0.15, 0.2) is 0 Å². The monoisotopic (exact) mass is 283 g/mol. The van der Waals surface area contributed by atoms with E-state index in [9.17, 15) is 0 Å². The molecule has 1 atom stereocenters. The molecule has 3 nitrogen and oxygen atoms in total. The quantitative estimate of drug-likeness (QED) is 0.243. The van der Waals surface area contributed by atoms with Crippen molar-refractivity contribution in [2.75, 3.05) is 6.54 Å². The minimum Gasteiger partial charge on any atom is -0.370 e. The van der Waals surface area contributed by atoms with E-state index in [2.05, 4.69) is 19.2 Å². The van der Waals surface area contributed by atoms with Crippen LogP contribution in [0.25, 0.3) is 0 Å². The van der Waals surface area contributed by atoms with Crippen LogP contribution in [0.2, 0.25) is 0 Å². The molecule has 0 rings (SSSR count). The number of hydrogen-bond donors (Lipinski definition) is 3. The lowest BCUT2D eigenvalue weighted by Gasteiger charge is -2.17. The molecule has 0 spiro atoms. The van der Waals surface area contributed by atoms with Crippen LogP contribution >= 0.6 is 0 Å². The van der Waals surface area contributed by atoms with Crippen LogP contribution < -0.4 is 11.1 Å². The van der Waals surface area contributed by atoms with Crippen molar-refractivity contribution in [3.05, 3.63) is 0 Å². The van der Waals surface area contributed by atoms with Crippen molar-refractivity contribution in [1.29, 1.82) is 5.41 Å². The summed E-state index contributed by atoms with van der Waals surface area (Å²) in [5.41, 5.74) is 5.35. The molecule has 0 bridgehead atoms. The van der Waals surface area contributed by atoms with Gasteiger partial charge in [-0.3, -0.25) is 5.41 Å². The van der Waals surface area contributed by atoms with E-state index in [1.54, 1.807) is 0 Å². The molecule has 0 aliphatic rings. The molecule has 120 valence electrons. The van der Waals surface area contributed by atoms with Crippen molar-refractivity contribution in [3.8, 4) is 0 Å². The Morgan fingerprint density at radius 1 is 0.850 bits per heavy atom. The highest BCUT2D eigenvalue weighted by atomic mass is 15.0. The van der Waals surface area contributed by atoms with E-state index in [4.69, 9.17) is 11.1 Å². The summed E-state index contributed by atoms with van der Waals surface area (Å²) in [7, 11) is 0. The van der Waals surface area contributed by atoms with Crippen LogP contribution in [0.5, 0.6) is 0 Å². The van der Waals surface area contributed by atoms with Crippen molar-refractivity contribution in [1.82, 2.24) is 5.32 Å². The molecule has 0 radical (unpaired) electrons. The van der Waals surface area contributed by atoms with E-state index in [1.807, 2.05) is 0 Å². The minimum absolute atomic E-state index is 0.109. The first-order valence-corrected chi connectivity index (χ1v) is 8.78. The fraction of sp³-hybridized carbons (Fsp3) is 0.941. The second kappa shape index (κ2) is 14.7. The molecule has 0 heterocycles. The molecular formula is C17H37N3. The second-order valence-electron chi connectivity index (χ2n) is 6.05. The number of nitrogens with one attached hydrogen (secondary N) is 2. The normalized spacial score (nSPS) is 12.3. The average molecular weight is 284 g/mol. The fourth-order valence-corrected chi connectivity index (χ4v) is 2.74. The fourth-order valence-electron chi connectivity index (χ4n) is 2.74. The van der Waals surface area contributed by atoms with Crippen LogP contribution in [-0.2, 0) is 0 Å². The van der Waals surface area contributed by atoms with Crippen molar-refractivity contribution < 1.29 is 0 Å². The summed E-state index contributed by atoms with van der Waals surface area (Å²) in [5.74, 6) is 0.929. The second-order valence-corrected chi connectivity index (χ2v) is 6.05. The molecule has 0 saturated carbocycles. The van der Waals surface area contributed by atoms with Gasteiger partial charge in [0.1, 0.15) is 0 Å². The summed E-state index contributed by atoms with van der Waals surface area (Å²) in [6, 6.07) is 0. The van der Waals surface area contributed by atoms with Crippen LogP contribution in [-0.4, -0.2) is 12.5 Å². The molecule has 4 N–H and O–H groups in total. The molecule has 0 aromatic rings.